The largest absolute Gasteiger partial charge is 0.376 e. The number of para-hydroxylation sites is 1. The number of fused-ring (bicyclic) bond motifs is 1. The number of methoxy groups -OCH3 is 1. The van der Waals surface area contributed by atoms with Crippen LogP contribution in [0, 0.1) is 6.92 Å². The Morgan fingerprint density at radius 3 is 2.79 bits per heavy atom. The quantitative estimate of drug-likeness (QED) is 0.798. The summed E-state index contributed by atoms with van der Waals surface area (Å²) in [4.78, 5) is 4.64. The number of nitrogens with zero attached hydrogens (tertiary/aromatic N) is 2. The summed E-state index contributed by atoms with van der Waals surface area (Å²) in [5.74, 6) is 1.38. The lowest BCUT2D eigenvalue weighted by Crippen LogP contribution is -2.43. The Balaban J connectivity index is 2.10. The van der Waals surface area contributed by atoms with Gasteiger partial charge in [-0.05, 0) is 37.8 Å². The first-order chi connectivity index (χ1) is 9.19. The van der Waals surface area contributed by atoms with Crippen molar-refractivity contribution in [2.45, 2.75) is 44.2 Å². The smallest absolute Gasteiger partial charge is 0.124 e. The minimum Gasteiger partial charge on any atom is -0.376 e. The van der Waals surface area contributed by atoms with Crippen molar-refractivity contribution in [2.75, 3.05) is 7.11 Å². The van der Waals surface area contributed by atoms with E-state index in [0.29, 0.717) is 5.88 Å². The summed E-state index contributed by atoms with van der Waals surface area (Å²) in [6.45, 7) is 2.98. The van der Waals surface area contributed by atoms with E-state index in [1.807, 2.05) is 13.2 Å². The van der Waals surface area contributed by atoms with Crippen molar-refractivity contribution in [3.8, 4) is 0 Å². The first-order valence-corrected chi connectivity index (χ1v) is 7.28. The second kappa shape index (κ2) is 4.80. The predicted molar refractivity (Wildman–Crippen MR) is 77.6 cm³/mol. The number of halogens is 1. The van der Waals surface area contributed by atoms with E-state index in [0.717, 1.165) is 30.7 Å². The molecule has 1 heterocycles. The van der Waals surface area contributed by atoms with Crippen molar-refractivity contribution in [1.82, 2.24) is 9.55 Å². The summed E-state index contributed by atoms with van der Waals surface area (Å²) in [5.41, 5.74) is 3.45. The van der Waals surface area contributed by atoms with Crippen LogP contribution in [0.4, 0.5) is 0 Å². The van der Waals surface area contributed by atoms with Crippen LogP contribution in [-0.2, 0) is 17.2 Å². The maximum atomic E-state index is 6.06. The van der Waals surface area contributed by atoms with Gasteiger partial charge in [-0.3, -0.25) is 0 Å². The number of benzene rings is 1. The second-order valence-electron chi connectivity index (χ2n) is 5.43. The average molecular weight is 279 g/mol. The van der Waals surface area contributed by atoms with Crippen molar-refractivity contribution < 1.29 is 4.74 Å². The van der Waals surface area contributed by atoms with Gasteiger partial charge in [-0.15, -0.1) is 11.6 Å². The molecule has 1 saturated carbocycles. The topological polar surface area (TPSA) is 27.1 Å². The van der Waals surface area contributed by atoms with Gasteiger partial charge in [0, 0.05) is 7.11 Å². The Morgan fingerprint density at radius 2 is 2.21 bits per heavy atom. The van der Waals surface area contributed by atoms with Crippen LogP contribution in [0.5, 0.6) is 0 Å². The molecule has 1 aromatic carbocycles. The molecule has 0 unspecified atom stereocenters. The molecule has 0 bridgehead atoms. The zero-order chi connectivity index (χ0) is 13.5. The summed E-state index contributed by atoms with van der Waals surface area (Å²) in [7, 11) is 1.81. The van der Waals surface area contributed by atoms with Crippen molar-refractivity contribution in [3.05, 3.63) is 29.6 Å². The van der Waals surface area contributed by atoms with Crippen LogP contribution < -0.4 is 0 Å². The molecule has 19 heavy (non-hydrogen) atoms. The van der Waals surface area contributed by atoms with E-state index >= 15 is 0 Å². The van der Waals surface area contributed by atoms with Crippen LogP contribution in [0.15, 0.2) is 18.2 Å². The zero-order valence-electron chi connectivity index (χ0n) is 11.4. The molecule has 1 aromatic heterocycles. The highest BCUT2D eigenvalue weighted by Crippen LogP contribution is 2.38. The van der Waals surface area contributed by atoms with Crippen LogP contribution in [0.25, 0.3) is 11.0 Å². The van der Waals surface area contributed by atoms with E-state index in [1.165, 1.54) is 17.5 Å². The van der Waals surface area contributed by atoms with E-state index in [1.54, 1.807) is 0 Å². The van der Waals surface area contributed by atoms with Gasteiger partial charge in [0.2, 0.25) is 0 Å². The molecule has 0 spiro atoms. The number of rotatable bonds is 4. The Labute approximate surface area is 118 Å². The number of aryl methyl sites for hydroxylation is 1. The number of ether oxygens (including phenoxy) is 1. The fraction of sp³-hybridized carbons (Fsp3) is 0.533. The third kappa shape index (κ3) is 2.05. The summed E-state index contributed by atoms with van der Waals surface area (Å²) in [6, 6.07) is 6.22. The van der Waals surface area contributed by atoms with Crippen molar-refractivity contribution >= 4 is 22.6 Å². The third-order valence-corrected chi connectivity index (χ3v) is 4.55. The van der Waals surface area contributed by atoms with Gasteiger partial charge in [0.15, 0.2) is 0 Å². The molecule has 3 rings (SSSR count). The van der Waals surface area contributed by atoms with Crippen molar-refractivity contribution in [3.63, 3.8) is 0 Å². The Morgan fingerprint density at radius 1 is 1.42 bits per heavy atom. The van der Waals surface area contributed by atoms with Crippen LogP contribution >= 0.6 is 11.6 Å². The van der Waals surface area contributed by atoms with E-state index < -0.39 is 0 Å². The summed E-state index contributed by atoms with van der Waals surface area (Å²) < 4.78 is 7.99. The normalized spacial score (nSPS) is 17.6. The number of hydrogen-bond acceptors (Lipinski definition) is 2. The van der Waals surface area contributed by atoms with Gasteiger partial charge in [0.05, 0.1) is 29.1 Å². The van der Waals surface area contributed by atoms with E-state index in [9.17, 15) is 0 Å². The van der Waals surface area contributed by atoms with Crippen LogP contribution in [-0.4, -0.2) is 22.3 Å². The zero-order valence-corrected chi connectivity index (χ0v) is 12.2. The molecule has 2 aromatic rings. The van der Waals surface area contributed by atoms with E-state index in [4.69, 9.17) is 16.3 Å². The third-order valence-electron chi connectivity index (χ3n) is 4.31. The second-order valence-corrected chi connectivity index (χ2v) is 5.70. The predicted octanol–water partition coefficient (Wildman–Crippen LogP) is 3.65. The van der Waals surface area contributed by atoms with Gasteiger partial charge in [0.25, 0.3) is 0 Å². The number of hydrogen-bond donors (Lipinski definition) is 0. The van der Waals surface area contributed by atoms with E-state index in [2.05, 4.69) is 28.6 Å². The highest BCUT2D eigenvalue weighted by Gasteiger charge is 2.38. The Hall–Kier alpha value is -1.06. The van der Waals surface area contributed by atoms with Crippen LogP contribution in [0.1, 0.15) is 30.7 Å². The summed E-state index contributed by atoms with van der Waals surface area (Å²) >= 11 is 6.06. The van der Waals surface area contributed by atoms with Crippen molar-refractivity contribution in [2.24, 2.45) is 0 Å². The minimum atomic E-state index is -0.0171. The molecule has 0 saturated heterocycles. The maximum absolute atomic E-state index is 6.06. The molecule has 0 amide bonds. The molecule has 0 atom stereocenters. The lowest BCUT2D eigenvalue weighted by molar-refractivity contribution is -0.0831. The molecular formula is C15H19ClN2O. The fourth-order valence-corrected chi connectivity index (χ4v) is 3.18. The summed E-state index contributed by atoms with van der Waals surface area (Å²) in [6.07, 6.45) is 3.49. The molecule has 3 nitrogen and oxygen atoms in total. The lowest BCUT2D eigenvalue weighted by atomic mass is 9.80. The van der Waals surface area contributed by atoms with Gasteiger partial charge in [0.1, 0.15) is 5.82 Å². The molecule has 0 aliphatic heterocycles. The molecular weight excluding hydrogens is 260 g/mol. The number of imidazole rings is 1. The molecule has 4 heteroatoms. The highest BCUT2D eigenvalue weighted by atomic mass is 35.5. The molecule has 1 aliphatic carbocycles. The van der Waals surface area contributed by atoms with Crippen molar-refractivity contribution in [1.29, 1.82) is 0 Å². The van der Waals surface area contributed by atoms with Gasteiger partial charge >= 0.3 is 0 Å². The fourth-order valence-electron chi connectivity index (χ4n) is 2.97. The first-order valence-electron chi connectivity index (χ1n) is 6.75. The molecule has 1 fully saturated rings. The molecule has 1 aliphatic rings. The molecule has 102 valence electrons. The molecule has 0 radical (unpaired) electrons. The summed E-state index contributed by atoms with van der Waals surface area (Å²) in [5, 5.41) is 0. The minimum absolute atomic E-state index is 0.0171. The average Bonchev–Trinajstić information content (AvgIpc) is 2.73. The standard InChI is InChI=1S/C15H19ClN2O/c1-11-5-3-6-12-14(11)18(13(9-16)17-12)10-15(19-2)7-4-8-15/h3,5-6H,4,7-10H2,1-2H3. The SMILES string of the molecule is COC1(Cn2c(CCl)nc3cccc(C)c32)CCC1. The Bertz CT molecular complexity index is 596. The van der Waals surface area contributed by atoms with Gasteiger partial charge < -0.3 is 9.30 Å². The number of aromatic nitrogens is 2. The van der Waals surface area contributed by atoms with Crippen LogP contribution in [0.3, 0.4) is 0 Å². The van der Waals surface area contributed by atoms with Gasteiger partial charge in [-0.25, -0.2) is 4.98 Å². The van der Waals surface area contributed by atoms with Gasteiger partial charge in [-0.1, -0.05) is 12.1 Å². The highest BCUT2D eigenvalue weighted by molar-refractivity contribution is 6.16. The van der Waals surface area contributed by atoms with E-state index in [-0.39, 0.29) is 5.60 Å². The Kier molecular flexibility index (Phi) is 3.27. The first kappa shape index (κ1) is 12.9. The molecule has 0 N–H and O–H groups in total. The lowest BCUT2D eigenvalue weighted by Gasteiger charge is -2.41. The monoisotopic (exact) mass is 278 g/mol. The van der Waals surface area contributed by atoms with Gasteiger partial charge in [-0.2, -0.15) is 0 Å². The number of alkyl halides is 1. The van der Waals surface area contributed by atoms with Crippen LogP contribution in [0.2, 0.25) is 0 Å². The maximum Gasteiger partial charge on any atom is 0.124 e.